The Morgan fingerprint density at radius 2 is 1.50 bits per heavy atom. The zero-order chi connectivity index (χ0) is 18.4. The van der Waals surface area contributed by atoms with Crippen molar-refractivity contribution in [2.75, 3.05) is 17.5 Å². The van der Waals surface area contributed by atoms with Crippen molar-refractivity contribution in [1.29, 1.82) is 0 Å². The van der Waals surface area contributed by atoms with Gasteiger partial charge in [0, 0.05) is 0 Å². The van der Waals surface area contributed by atoms with E-state index in [4.69, 9.17) is 4.74 Å². The Bertz CT molecular complexity index is 808. The summed E-state index contributed by atoms with van der Waals surface area (Å²) in [5.41, 5.74) is 6.94. The first-order valence-corrected chi connectivity index (χ1v) is 7.96. The second-order valence-electron chi connectivity index (χ2n) is 5.49. The molecule has 0 radical (unpaired) electrons. The summed E-state index contributed by atoms with van der Waals surface area (Å²) in [5.74, 6) is -0.737. The highest BCUT2D eigenvalue weighted by atomic mass is 16.6. The molecule has 4 N–H and O–H groups in total. The molecular weight excluding hydrogens is 336 g/mol. The fourth-order valence-electron chi connectivity index (χ4n) is 2.31. The molecule has 0 amide bonds. The number of nitrogens with zero attached hydrogens (tertiary/aromatic N) is 2. The van der Waals surface area contributed by atoms with Gasteiger partial charge in [-0.3, -0.25) is 10.9 Å². The quantitative estimate of drug-likeness (QED) is 0.458. The average Bonchev–Trinajstić information content (AvgIpc) is 3.01. The van der Waals surface area contributed by atoms with Gasteiger partial charge in [-0.05, 0) is 24.3 Å². The van der Waals surface area contributed by atoms with Crippen LogP contribution in [0.15, 0.2) is 70.9 Å². The maximum atomic E-state index is 12.2. The number of para-hydroxylation sites is 2. The number of carbonyl (C=O) groups is 1. The van der Waals surface area contributed by atoms with E-state index in [2.05, 4.69) is 21.1 Å². The van der Waals surface area contributed by atoms with Crippen LogP contribution in [0.4, 0.5) is 11.4 Å². The van der Waals surface area contributed by atoms with E-state index in [9.17, 15) is 15.0 Å². The topological polar surface area (TPSA) is 116 Å². The lowest BCUT2D eigenvalue weighted by Crippen LogP contribution is -2.36. The summed E-state index contributed by atoms with van der Waals surface area (Å²) < 4.78 is 5.13. The first-order valence-electron chi connectivity index (χ1n) is 7.96. The molecular formula is C18H18N4O4. The Hall–Kier alpha value is -3.23. The van der Waals surface area contributed by atoms with Gasteiger partial charge in [0.05, 0.1) is 18.0 Å². The second-order valence-corrected chi connectivity index (χ2v) is 5.49. The van der Waals surface area contributed by atoms with E-state index in [-0.39, 0.29) is 11.4 Å². The van der Waals surface area contributed by atoms with Crippen LogP contribution in [0.3, 0.4) is 0 Å². The molecule has 2 aromatic rings. The van der Waals surface area contributed by atoms with Crippen LogP contribution in [0.2, 0.25) is 0 Å². The van der Waals surface area contributed by atoms with Crippen LogP contribution in [0.5, 0.6) is 0 Å². The van der Waals surface area contributed by atoms with Gasteiger partial charge in [0.1, 0.15) is 11.8 Å². The predicted octanol–water partition coefficient (Wildman–Crippen LogP) is 1.20. The van der Waals surface area contributed by atoms with Crippen molar-refractivity contribution >= 4 is 28.8 Å². The highest BCUT2D eigenvalue weighted by Crippen LogP contribution is 2.16. The molecule has 8 nitrogen and oxygen atoms in total. The highest BCUT2D eigenvalue weighted by Gasteiger charge is 2.42. The van der Waals surface area contributed by atoms with Crippen molar-refractivity contribution in [3.05, 3.63) is 60.7 Å². The Morgan fingerprint density at radius 1 is 0.962 bits per heavy atom. The van der Waals surface area contributed by atoms with Gasteiger partial charge >= 0.3 is 5.97 Å². The van der Waals surface area contributed by atoms with Gasteiger partial charge < -0.3 is 14.9 Å². The van der Waals surface area contributed by atoms with Crippen LogP contribution in [-0.2, 0) is 9.53 Å². The van der Waals surface area contributed by atoms with E-state index < -0.39 is 24.8 Å². The zero-order valence-electron chi connectivity index (χ0n) is 13.7. The van der Waals surface area contributed by atoms with E-state index in [1.807, 2.05) is 36.4 Å². The van der Waals surface area contributed by atoms with Gasteiger partial charge in [0.2, 0.25) is 0 Å². The van der Waals surface area contributed by atoms with Gasteiger partial charge in [0.25, 0.3) is 0 Å². The van der Waals surface area contributed by atoms with Gasteiger partial charge in [-0.25, -0.2) is 4.79 Å². The number of benzene rings is 2. The zero-order valence-corrected chi connectivity index (χ0v) is 13.7. The molecule has 1 heterocycles. The maximum Gasteiger partial charge on any atom is 0.361 e. The molecule has 0 bridgehead atoms. The molecule has 1 aliphatic rings. The van der Waals surface area contributed by atoms with Crippen molar-refractivity contribution in [1.82, 2.24) is 0 Å². The number of nitrogens with one attached hydrogen (secondary N) is 2. The van der Waals surface area contributed by atoms with Gasteiger partial charge in [-0.15, -0.1) is 0 Å². The monoisotopic (exact) mass is 354 g/mol. The molecule has 2 atom stereocenters. The predicted molar refractivity (Wildman–Crippen MR) is 98.0 cm³/mol. The molecule has 1 aliphatic heterocycles. The standard InChI is InChI=1S/C18H18N4O4/c23-11-14(24)17-15(21-19-12-7-3-1-4-8-12)16(18(25)26-17)22-20-13-9-5-2-6-10-13/h1-10,14,17,19-20,23-24H,11H2. The van der Waals surface area contributed by atoms with E-state index in [1.54, 1.807) is 24.3 Å². The van der Waals surface area contributed by atoms with E-state index in [1.165, 1.54) is 0 Å². The van der Waals surface area contributed by atoms with Gasteiger partial charge in [0.15, 0.2) is 11.8 Å². The third kappa shape index (κ3) is 4.05. The number of aliphatic hydroxyl groups excluding tert-OH is 2. The van der Waals surface area contributed by atoms with Gasteiger partial charge in [-0.1, -0.05) is 36.4 Å². The Labute approximate surface area is 149 Å². The normalized spacial score (nSPS) is 20.8. The number of esters is 1. The number of hydrogen-bond acceptors (Lipinski definition) is 8. The number of aliphatic hydroxyl groups is 2. The third-order valence-electron chi connectivity index (χ3n) is 3.63. The summed E-state index contributed by atoms with van der Waals surface area (Å²) >= 11 is 0. The number of rotatable bonds is 6. The van der Waals surface area contributed by atoms with Crippen molar-refractivity contribution in [2.24, 2.45) is 10.2 Å². The molecule has 134 valence electrons. The smallest absolute Gasteiger partial charge is 0.361 e. The van der Waals surface area contributed by atoms with E-state index in [0.717, 1.165) is 0 Å². The highest BCUT2D eigenvalue weighted by molar-refractivity contribution is 6.69. The number of hydrogen-bond donors (Lipinski definition) is 4. The maximum absolute atomic E-state index is 12.2. The summed E-state index contributed by atoms with van der Waals surface area (Å²) in [4.78, 5) is 12.2. The molecule has 0 saturated carbocycles. The summed E-state index contributed by atoms with van der Waals surface area (Å²) in [6, 6.07) is 18.1. The minimum absolute atomic E-state index is 0.0743. The van der Waals surface area contributed by atoms with Crippen molar-refractivity contribution in [3.8, 4) is 0 Å². The molecule has 2 aromatic carbocycles. The average molecular weight is 354 g/mol. The summed E-state index contributed by atoms with van der Waals surface area (Å²) in [6.45, 7) is -0.582. The molecule has 8 heteroatoms. The van der Waals surface area contributed by atoms with E-state index >= 15 is 0 Å². The minimum atomic E-state index is -1.31. The summed E-state index contributed by atoms with van der Waals surface area (Å²) in [6.07, 6.45) is -2.42. The number of anilines is 2. The lowest BCUT2D eigenvalue weighted by Gasteiger charge is -2.14. The molecule has 1 fully saturated rings. The Kier molecular flexibility index (Phi) is 5.57. The molecule has 2 unspecified atom stereocenters. The second kappa shape index (κ2) is 8.24. The van der Waals surface area contributed by atoms with Crippen LogP contribution in [0.25, 0.3) is 0 Å². The van der Waals surface area contributed by atoms with Crippen molar-refractivity contribution < 1.29 is 19.7 Å². The molecule has 3 rings (SSSR count). The fraction of sp³-hybridized carbons (Fsp3) is 0.167. The SMILES string of the molecule is O=C1OC(C(O)CO)C(=NNc2ccccc2)C1=NNc1ccccc1. The van der Waals surface area contributed by atoms with Crippen LogP contribution in [-0.4, -0.2) is 46.4 Å². The summed E-state index contributed by atoms with van der Waals surface area (Å²) in [7, 11) is 0. The third-order valence-corrected chi connectivity index (χ3v) is 3.63. The molecule has 1 saturated heterocycles. The Morgan fingerprint density at radius 3 is 2.04 bits per heavy atom. The lowest BCUT2D eigenvalue weighted by atomic mass is 10.1. The molecule has 26 heavy (non-hydrogen) atoms. The van der Waals surface area contributed by atoms with Crippen LogP contribution < -0.4 is 10.9 Å². The lowest BCUT2D eigenvalue weighted by molar-refractivity contribution is -0.140. The minimum Gasteiger partial charge on any atom is -0.448 e. The molecule has 0 aromatic heterocycles. The number of carbonyl (C=O) groups excluding carboxylic acids is 1. The first-order chi connectivity index (χ1) is 12.7. The van der Waals surface area contributed by atoms with Crippen LogP contribution in [0, 0.1) is 0 Å². The largest absolute Gasteiger partial charge is 0.448 e. The van der Waals surface area contributed by atoms with Crippen molar-refractivity contribution in [3.63, 3.8) is 0 Å². The molecule has 0 spiro atoms. The van der Waals surface area contributed by atoms with Crippen molar-refractivity contribution in [2.45, 2.75) is 12.2 Å². The number of cyclic esters (lactones) is 1. The number of ether oxygens (including phenoxy) is 1. The van der Waals surface area contributed by atoms with Gasteiger partial charge in [-0.2, -0.15) is 10.2 Å². The number of hydrazone groups is 2. The Balaban J connectivity index is 1.88. The first kappa shape index (κ1) is 17.6. The molecule has 0 aliphatic carbocycles. The summed E-state index contributed by atoms with van der Waals surface area (Å²) in [5, 5.41) is 27.4. The van der Waals surface area contributed by atoms with Crippen LogP contribution in [0.1, 0.15) is 0 Å². The van der Waals surface area contributed by atoms with E-state index in [0.29, 0.717) is 11.4 Å². The fourth-order valence-corrected chi connectivity index (χ4v) is 2.31. The van der Waals surface area contributed by atoms with Crippen LogP contribution >= 0.6 is 0 Å².